The van der Waals surface area contributed by atoms with Crippen molar-refractivity contribution in [1.29, 1.82) is 0 Å². The first kappa shape index (κ1) is 22.4. The van der Waals surface area contributed by atoms with Crippen molar-refractivity contribution in [2.45, 2.75) is 18.6 Å². The molecule has 0 bridgehead atoms. The van der Waals surface area contributed by atoms with Gasteiger partial charge < -0.3 is 14.8 Å². The first-order valence-corrected chi connectivity index (χ1v) is 11.6. The third kappa shape index (κ3) is 5.24. The zero-order valence-corrected chi connectivity index (χ0v) is 18.5. The highest BCUT2D eigenvalue weighted by Crippen LogP contribution is 2.30. The van der Waals surface area contributed by atoms with Gasteiger partial charge in [-0.2, -0.15) is 0 Å². The van der Waals surface area contributed by atoms with Crippen LogP contribution in [-0.2, 0) is 20.6 Å². The van der Waals surface area contributed by atoms with Crippen molar-refractivity contribution >= 4 is 33.2 Å². The topological polar surface area (TPSA) is 84.9 Å². The SMILES string of the molecule is COc1ccc(OC)c(NC(=O)C2CCCN(S(=O)(=O)Cc3ccccc3Cl)C2)c1. The fourth-order valence-electron chi connectivity index (χ4n) is 3.46. The van der Waals surface area contributed by atoms with Gasteiger partial charge in [0, 0.05) is 24.2 Å². The first-order chi connectivity index (χ1) is 14.3. The maximum Gasteiger partial charge on any atom is 0.228 e. The molecular weight excluding hydrogens is 428 g/mol. The maximum atomic E-state index is 12.9. The number of carbonyl (C=O) groups is 1. The summed E-state index contributed by atoms with van der Waals surface area (Å²) in [4.78, 5) is 12.9. The van der Waals surface area contributed by atoms with Crippen LogP contribution < -0.4 is 14.8 Å². The number of nitrogens with one attached hydrogen (secondary N) is 1. The summed E-state index contributed by atoms with van der Waals surface area (Å²) in [7, 11) is -0.545. The van der Waals surface area contributed by atoms with Crippen LogP contribution >= 0.6 is 11.6 Å². The van der Waals surface area contributed by atoms with Gasteiger partial charge in [0.2, 0.25) is 15.9 Å². The fourth-order valence-corrected chi connectivity index (χ4v) is 5.38. The molecule has 1 unspecified atom stereocenters. The lowest BCUT2D eigenvalue weighted by atomic mass is 9.98. The van der Waals surface area contributed by atoms with Crippen molar-refractivity contribution in [3.8, 4) is 11.5 Å². The molecule has 1 saturated heterocycles. The van der Waals surface area contributed by atoms with Crippen LogP contribution in [0.2, 0.25) is 5.02 Å². The number of hydrogen-bond acceptors (Lipinski definition) is 5. The van der Waals surface area contributed by atoms with Gasteiger partial charge in [-0.3, -0.25) is 4.79 Å². The number of amides is 1. The molecule has 2 aromatic carbocycles. The molecule has 30 heavy (non-hydrogen) atoms. The molecule has 0 saturated carbocycles. The monoisotopic (exact) mass is 452 g/mol. The van der Waals surface area contributed by atoms with Crippen LogP contribution in [0, 0.1) is 5.92 Å². The summed E-state index contributed by atoms with van der Waals surface area (Å²) in [6.45, 7) is 0.518. The molecule has 3 rings (SSSR count). The maximum absolute atomic E-state index is 12.9. The molecular formula is C21H25ClN2O5S. The molecule has 2 aromatic rings. The molecule has 1 aliphatic heterocycles. The van der Waals surface area contributed by atoms with Crippen LogP contribution in [0.3, 0.4) is 0 Å². The van der Waals surface area contributed by atoms with Crippen LogP contribution in [0.4, 0.5) is 5.69 Å². The van der Waals surface area contributed by atoms with Gasteiger partial charge in [0.05, 0.1) is 31.6 Å². The van der Waals surface area contributed by atoms with E-state index in [0.29, 0.717) is 47.2 Å². The van der Waals surface area contributed by atoms with E-state index in [1.165, 1.54) is 18.5 Å². The summed E-state index contributed by atoms with van der Waals surface area (Å²) in [6.07, 6.45) is 1.21. The van der Waals surface area contributed by atoms with Gasteiger partial charge in [0.15, 0.2) is 0 Å². The van der Waals surface area contributed by atoms with Gasteiger partial charge in [-0.1, -0.05) is 29.8 Å². The van der Waals surface area contributed by atoms with E-state index in [0.717, 1.165) is 0 Å². The van der Waals surface area contributed by atoms with Gasteiger partial charge in [-0.15, -0.1) is 0 Å². The number of anilines is 1. The van der Waals surface area contributed by atoms with Crippen molar-refractivity contribution in [3.05, 3.63) is 53.1 Å². The normalized spacial score (nSPS) is 17.4. The standard InChI is InChI=1S/C21H25ClN2O5S/c1-28-17-9-10-20(29-2)19(12-17)23-21(25)15-7-5-11-24(13-15)30(26,27)14-16-6-3-4-8-18(16)22/h3-4,6,8-10,12,15H,5,7,11,13-14H2,1-2H3,(H,23,25). The van der Waals surface area contributed by atoms with Crippen LogP contribution in [-0.4, -0.2) is 45.9 Å². The number of benzene rings is 2. The summed E-state index contributed by atoms with van der Waals surface area (Å²) < 4.78 is 37.7. The van der Waals surface area contributed by atoms with E-state index in [4.69, 9.17) is 21.1 Å². The van der Waals surface area contributed by atoms with Crippen molar-refractivity contribution in [2.75, 3.05) is 32.6 Å². The van der Waals surface area contributed by atoms with Crippen molar-refractivity contribution in [3.63, 3.8) is 0 Å². The molecule has 1 atom stereocenters. The van der Waals surface area contributed by atoms with E-state index in [1.807, 2.05) is 0 Å². The van der Waals surface area contributed by atoms with Crippen LogP contribution in [0.25, 0.3) is 0 Å². The summed E-state index contributed by atoms with van der Waals surface area (Å²) in [5, 5.41) is 3.26. The van der Waals surface area contributed by atoms with Gasteiger partial charge >= 0.3 is 0 Å². The molecule has 1 fully saturated rings. The zero-order chi connectivity index (χ0) is 21.7. The predicted octanol–water partition coefficient (Wildman–Crippen LogP) is 3.54. The zero-order valence-electron chi connectivity index (χ0n) is 16.9. The summed E-state index contributed by atoms with van der Waals surface area (Å²) in [6, 6.07) is 12.0. The van der Waals surface area contributed by atoms with E-state index in [-0.39, 0.29) is 18.2 Å². The lowest BCUT2D eigenvalue weighted by Gasteiger charge is -2.31. The average Bonchev–Trinajstić information content (AvgIpc) is 2.75. The number of ether oxygens (including phenoxy) is 2. The van der Waals surface area contributed by atoms with E-state index in [1.54, 1.807) is 42.5 Å². The van der Waals surface area contributed by atoms with Crippen molar-refractivity contribution in [1.82, 2.24) is 4.31 Å². The number of hydrogen-bond donors (Lipinski definition) is 1. The van der Waals surface area contributed by atoms with Crippen molar-refractivity contribution < 1.29 is 22.7 Å². The Morgan fingerprint density at radius 2 is 1.97 bits per heavy atom. The molecule has 0 radical (unpaired) electrons. The molecule has 1 aliphatic rings. The summed E-state index contributed by atoms with van der Waals surface area (Å²) in [5.41, 5.74) is 1.03. The van der Waals surface area contributed by atoms with E-state index in [9.17, 15) is 13.2 Å². The molecule has 0 spiro atoms. The summed E-state index contributed by atoms with van der Waals surface area (Å²) >= 11 is 6.12. The number of halogens is 1. The molecule has 1 heterocycles. The molecule has 162 valence electrons. The van der Waals surface area contributed by atoms with Crippen LogP contribution in [0.1, 0.15) is 18.4 Å². The third-order valence-corrected chi connectivity index (χ3v) is 7.27. The molecule has 1 amide bonds. The lowest BCUT2D eigenvalue weighted by molar-refractivity contribution is -0.120. The van der Waals surface area contributed by atoms with E-state index >= 15 is 0 Å². The minimum Gasteiger partial charge on any atom is -0.497 e. The van der Waals surface area contributed by atoms with Crippen molar-refractivity contribution in [2.24, 2.45) is 5.92 Å². The number of carbonyl (C=O) groups excluding carboxylic acids is 1. The van der Waals surface area contributed by atoms with E-state index < -0.39 is 15.9 Å². The number of methoxy groups -OCH3 is 2. The number of nitrogens with zero attached hydrogens (tertiary/aromatic N) is 1. The summed E-state index contributed by atoms with van der Waals surface area (Å²) in [5.74, 6) is 0.182. The lowest BCUT2D eigenvalue weighted by Crippen LogP contribution is -2.44. The van der Waals surface area contributed by atoms with Gasteiger partial charge in [-0.25, -0.2) is 12.7 Å². The Hall–Kier alpha value is -2.29. The number of rotatable bonds is 7. The van der Waals surface area contributed by atoms with Crippen LogP contribution in [0.5, 0.6) is 11.5 Å². The smallest absolute Gasteiger partial charge is 0.228 e. The second kappa shape index (κ2) is 9.68. The first-order valence-electron chi connectivity index (χ1n) is 9.58. The largest absolute Gasteiger partial charge is 0.497 e. The number of sulfonamides is 1. The minimum atomic E-state index is -3.60. The Balaban J connectivity index is 1.71. The van der Waals surface area contributed by atoms with Gasteiger partial charge in [0.25, 0.3) is 0 Å². The molecule has 0 aromatic heterocycles. The average molecular weight is 453 g/mol. The van der Waals surface area contributed by atoms with Crippen LogP contribution in [0.15, 0.2) is 42.5 Å². The Kier molecular flexibility index (Phi) is 7.23. The van der Waals surface area contributed by atoms with Gasteiger partial charge in [0.1, 0.15) is 11.5 Å². The third-order valence-electron chi connectivity index (χ3n) is 5.11. The Labute approximate surface area is 182 Å². The Morgan fingerprint density at radius 1 is 1.20 bits per heavy atom. The molecule has 1 N–H and O–H groups in total. The second-order valence-electron chi connectivity index (χ2n) is 7.10. The predicted molar refractivity (Wildman–Crippen MR) is 117 cm³/mol. The fraction of sp³-hybridized carbons (Fsp3) is 0.381. The highest BCUT2D eigenvalue weighted by molar-refractivity contribution is 7.88. The van der Waals surface area contributed by atoms with Gasteiger partial charge in [-0.05, 0) is 36.6 Å². The molecule has 9 heteroatoms. The minimum absolute atomic E-state index is 0.130. The quantitative estimate of drug-likeness (QED) is 0.694. The molecule has 7 nitrogen and oxygen atoms in total. The second-order valence-corrected chi connectivity index (χ2v) is 9.48. The highest BCUT2D eigenvalue weighted by atomic mass is 35.5. The molecule has 0 aliphatic carbocycles. The Bertz CT molecular complexity index is 1010. The Morgan fingerprint density at radius 3 is 2.67 bits per heavy atom. The number of piperidine rings is 1. The van der Waals surface area contributed by atoms with E-state index in [2.05, 4.69) is 5.32 Å². The highest BCUT2D eigenvalue weighted by Gasteiger charge is 2.33.